The van der Waals surface area contributed by atoms with Gasteiger partial charge in [0.15, 0.2) is 12.4 Å². The van der Waals surface area contributed by atoms with E-state index in [-0.39, 0.29) is 30.0 Å². The molecule has 2 aromatic rings. The van der Waals surface area contributed by atoms with Crippen LogP contribution in [0.5, 0.6) is 11.5 Å². The first-order valence-electron chi connectivity index (χ1n) is 10.6. The molecular weight excluding hydrogens is 398 g/mol. The number of hydrogen-bond donors (Lipinski definition) is 1. The highest BCUT2D eigenvalue weighted by Gasteiger charge is 2.23. The summed E-state index contributed by atoms with van der Waals surface area (Å²) in [6.07, 6.45) is 4.73. The Kier molecular flexibility index (Phi) is 8.23. The number of rotatable bonds is 9. The molecule has 1 aliphatic heterocycles. The molecule has 2 aromatic carbocycles. The molecular formula is C23H29N3O5. The summed E-state index contributed by atoms with van der Waals surface area (Å²) in [7, 11) is 1.64. The van der Waals surface area contributed by atoms with E-state index in [1.165, 1.54) is 25.0 Å². The summed E-state index contributed by atoms with van der Waals surface area (Å²) in [5.41, 5.74) is 0.957. The third-order valence-corrected chi connectivity index (χ3v) is 5.50. The van der Waals surface area contributed by atoms with Gasteiger partial charge in [0.05, 0.1) is 18.1 Å². The second kappa shape index (κ2) is 11.3. The summed E-state index contributed by atoms with van der Waals surface area (Å²) in [6.45, 7) is 2.13. The molecule has 0 radical (unpaired) electrons. The zero-order valence-electron chi connectivity index (χ0n) is 17.8. The molecule has 8 nitrogen and oxygen atoms in total. The number of ether oxygens (including phenoxy) is 2. The first-order chi connectivity index (χ1) is 15.1. The first kappa shape index (κ1) is 22.6. The molecule has 1 atom stereocenters. The number of likely N-dealkylation sites (tertiary alicyclic amines) is 1. The van der Waals surface area contributed by atoms with Gasteiger partial charge in [0.2, 0.25) is 0 Å². The van der Waals surface area contributed by atoms with Crippen LogP contribution in [-0.4, -0.2) is 49.1 Å². The number of hydrogen-bond acceptors (Lipinski definition) is 6. The first-order valence-corrected chi connectivity index (χ1v) is 10.6. The van der Waals surface area contributed by atoms with Crippen molar-refractivity contribution in [1.82, 2.24) is 10.2 Å². The van der Waals surface area contributed by atoms with E-state index in [0.29, 0.717) is 6.54 Å². The molecule has 8 heteroatoms. The molecule has 166 valence electrons. The van der Waals surface area contributed by atoms with Crippen molar-refractivity contribution in [3.8, 4) is 11.5 Å². The zero-order chi connectivity index (χ0) is 22.1. The Balaban J connectivity index is 1.63. The lowest BCUT2D eigenvalue weighted by molar-refractivity contribution is -0.385. The normalized spacial score (nSPS) is 15.5. The minimum absolute atomic E-state index is 0.0408. The van der Waals surface area contributed by atoms with Gasteiger partial charge in [-0.05, 0) is 49.7 Å². The molecule has 0 aromatic heterocycles. The average molecular weight is 428 g/mol. The van der Waals surface area contributed by atoms with Crippen molar-refractivity contribution >= 4 is 11.6 Å². The number of amides is 1. The van der Waals surface area contributed by atoms with Crippen molar-refractivity contribution in [1.29, 1.82) is 0 Å². The second-order valence-corrected chi connectivity index (χ2v) is 7.56. The summed E-state index contributed by atoms with van der Waals surface area (Å²) in [5.74, 6) is 0.564. The number of methoxy groups -OCH3 is 1. The van der Waals surface area contributed by atoms with E-state index in [9.17, 15) is 14.9 Å². The van der Waals surface area contributed by atoms with Gasteiger partial charge in [-0.15, -0.1) is 0 Å². The summed E-state index contributed by atoms with van der Waals surface area (Å²) in [5, 5.41) is 14.0. The van der Waals surface area contributed by atoms with E-state index < -0.39 is 4.92 Å². The maximum Gasteiger partial charge on any atom is 0.310 e. The van der Waals surface area contributed by atoms with Crippen molar-refractivity contribution < 1.29 is 19.2 Å². The van der Waals surface area contributed by atoms with E-state index >= 15 is 0 Å². The molecule has 0 spiro atoms. The molecule has 3 rings (SSSR count). The predicted molar refractivity (Wildman–Crippen MR) is 117 cm³/mol. The van der Waals surface area contributed by atoms with Crippen LogP contribution in [0.2, 0.25) is 0 Å². The van der Waals surface area contributed by atoms with E-state index in [1.54, 1.807) is 19.2 Å². The van der Waals surface area contributed by atoms with Crippen LogP contribution in [0.1, 0.15) is 37.3 Å². The van der Waals surface area contributed by atoms with Crippen LogP contribution in [0.15, 0.2) is 48.5 Å². The Hall–Kier alpha value is -3.13. The number of benzene rings is 2. The van der Waals surface area contributed by atoms with Gasteiger partial charge >= 0.3 is 5.69 Å². The van der Waals surface area contributed by atoms with Crippen LogP contribution in [-0.2, 0) is 4.79 Å². The monoisotopic (exact) mass is 427 g/mol. The largest absolute Gasteiger partial charge is 0.497 e. The Labute approximate surface area is 182 Å². The van der Waals surface area contributed by atoms with Crippen LogP contribution in [0.25, 0.3) is 0 Å². The number of nitro groups is 1. The molecule has 0 unspecified atom stereocenters. The number of nitro benzene ring substituents is 1. The van der Waals surface area contributed by atoms with Crippen molar-refractivity contribution in [3.63, 3.8) is 0 Å². The Morgan fingerprint density at radius 2 is 1.77 bits per heavy atom. The molecule has 0 aliphatic carbocycles. The van der Waals surface area contributed by atoms with Crippen LogP contribution in [0, 0.1) is 10.1 Å². The van der Waals surface area contributed by atoms with Crippen LogP contribution < -0.4 is 14.8 Å². The van der Waals surface area contributed by atoms with Gasteiger partial charge in [0, 0.05) is 12.6 Å². The minimum atomic E-state index is -0.522. The molecule has 0 saturated carbocycles. The van der Waals surface area contributed by atoms with Crippen LogP contribution in [0.4, 0.5) is 5.69 Å². The lowest BCUT2D eigenvalue weighted by Crippen LogP contribution is -2.40. The SMILES string of the molecule is COc1ccc([C@H](CNC(=O)COc2ccccc2[N+](=O)[O-])N2CCCCCC2)cc1. The van der Waals surface area contributed by atoms with Crippen LogP contribution in [0.3, 0.4) is 0 Å². The quantitative estimate of drug-likeness (QED) is 0.484. The van der Waals surface area contributed by atoms with Crippen molar-refractivity contribution in [2.24, 2.45) is 0 Å². The van der Waals surface area contributed by atoms with Gasteiger partial charge < -0.3 is 14.8 Å². The second-order valence-electron chi connectivity index (χ2n) is 7.56. The van der Waals surface area contributed by atoms with Crippen molar-refractivity contribution in [3.05, 3.63) is 64.2 Å². The van der Waals surface area contributed by atoms with Gasteiger partial charge in [-0.2, -0.15) is 0 Å². The molecule has 0 bridgehead atoms. The predicted octanol–water partition coefficient (Wildman–Crippen LogP) is 3.72. The maximum atomic E-state index is 12.4. The molecule has 1 fully saturated rings. The Morgan fingerprint density at radius 1 is 1.10 bits per heavy atom. The highest BCUT2D eigenvalue weighted by atomic mass is 16.6. The molecule has 31 heavy (non-hydrogen) atoms. The fourth-order valence-corrected chi connectivity index (χ4v) is 3.83. The van der Waals surface area contributed by atoms with Crippen molar-refractivity contribution in [2.75, 3.05) is 33.4 Å². The summed E-state index contributed by atoms with van der Waals surface area (Å²) < 4.78 is 10.7. The molecule has 1 N–H and O–H groups in total. The summed E-state index contributed by atoms with van der Waals surface area (Å²) in [4.78, 5) is 25.4. The average Bonchev–Trinajstić information content (AvgIpc) is 3.08. The smallest absolute Gasteiger partial charge is 0.310 e. The van der Waals surface area contributed by atoms with Gasteiger partial charge in [0.1, 0.15) is 5.75 Å². The maximum absolute atomic E-state index is 12.4. The zero-order valence-corrected chi connectivity index (χ0v) is 17.8. The number of carbonyl (C=O) groups is 1. The van der Waals surface area contributed by atoms with Gasteiger partial charge in [0.25, 0.3) is 5.91 Å². The lowest BCUT2D eigenvalue weighted by atomic mass is 10.0. The van der Waals surface area contributed by atoms with E-state index in [2.05, 4.69) is 10.2 Å². The third-order valence-electron chi connectivity index (χ3n) is 5.50. The van der Waals surface area contributed by atoms with Gasteiger partial charge in [-0.25, -0.2) is 0 Å². The number of nitrogens with zero attached hydrogens (tertiary/aromatic N) is 2. The Morgan fingerprint density at radius 3 is 2.42 bits per heavy atom. The van der Waals surface area contributed by atoms with Gasteiger partial charge in [-0.3, -0.25) is 19.8 Å². The fraction of sp³-hybridized carbons (Fsp3) is 0.435. The number of para-hydroxylation sites is 2. The van der Waals surface area contributed by atoms with Crippen LogP contribution >= 0.6 is 0 Å². The van der Waals surface area contributed by atoms with Crippen molar-refractivity contribution in [2.45, 2.75) is 31.7 Å². The molecule has 1 aliphatic rings. The summed E-state index contributed by atoms with van der Waals surface area (Å²) in [6, 6.07) is 14.0. The van der Waals surface area contributed by atoms with E-state index in [0.717, 1.165) is 37.2 Å². The molecule has 1 amide bonds. The molecule has 1 heterocycles. The fourth-order valence-electron chi connectivity index (χ4n) is 3.83. The number of nitrogens with one attached hydrogen (secondary N) is 1. The highest BCUT2D eigenvalue weighted by Crippen LogP contribution is 2.27. The third kappa shape index (κ3) is 6.42. The highest BCUT2D eigenvalue weighted by molar-refractivity contribution is 5.77. The topological polar surface area (TPSA) is 93.9 Å². The lowest BCUT2D eigenvalue weighted by Gasteiger charge is -2.31. The molecule has 1 saturated heterocycles. The van der Waals surface area contributed by atoms with Gasteiger partial charge in [-0.1, -0.05) is 37.1 Å². The number of carbonyl (C=O) groups excluding carboxylic acids is 1. The Bertz CT molecular complexity index is 864. The van der Waals surface area contributed by atoms with E-state index in [1.807, 2.05) is 24.3 Å². The minimum Gasteiger partial charge on any atom is -0.497 e. The standard InChI is InChI=1S/C23H29N3O5/c1-30-19-12-10-18(11-13-19)21(25-14-6-2-3-7-15-25)16-24-23(27)17-31-22-9-5-4-8-20(22)26(28)29/h4-5,8-13,21H,2-3,6-7,14-17H2,1H3,(H,24,27)/t21-/m0/s1. The summed E-state index contributed by atoms with van der Waals surface area (Å²) >= 11 is 0. The van der Waals surface area contributed by atoms with E-state index in [4.69, 9.17) is 9.47 Å².